The zero-order valence-electron chi connectivity index (χ0n) is 7.26. The zero-order chi connectivity index (χ0) is 8.32. The van der Waals surface area contributed by atoms with Crippen LogP contribution in [0.4, 0.5) is 0 Å². The Morgan fingerprint density at radius 2 is 2.45 bits per heavy atom. The van der Waals surface area contributed by atoms with Gasteiger partial charge in [-0.25, -0.2) is 0 Å². The fourth-order valence-electron chi connectivity index (χ4n) is 1.48. The molecule has 0 aliphatic carbocycles. The van der Waals surface area contributed by atoms with Crippen LogP contribution in [-0.4, -0.2) is 36.5 Å². The van der Waals surface area contributed by atoms with E-state index in [0.29, 0.717) is 0 Å². The van der Waals surface area contributed by atoms with Crippen LogP contribution in [0.25, 0.3) is 0 Å². The number of aliphatic hydroxyl groups excluding tert-OH is 1. The van der Waals surface area contributed by atoms with Crippen molar-refractivity contribution in [3.8, 4) is 0 Å². The van der Waals surface area contributed by atoms with Crippen LogP contribution in [-0.2, 0) is 4.74 Å². The highest BCUT2D eigenvalue weighted by atomic mass is 16.5. The van der Waals surface area contributed by atoms with Crippen LogP contribution in [0.3, 0.4) is 0 Å². The van der Waals surface area contributed by atoms with Crippen molar-refractivity contribution in [2.24, 2.45) is 0 Å². The minimum atomic E-state index is -0.111. The minimum absolute atomic E-state index is 0.111. The van der Waals surface area contributed by atoms with Gasteiger partial charge in [0.2, 0.25) is 0 Å². The van der Waals surface area contributed by atoms with Crippen LogP contribution in [0.5, 0.6) is 0 Å². The monoisotopic (exact) mass is 159 g/mol. The van der Waals surface area contributed by atoms with Crippen molar-refractivity contribution in [3.63, 3.8) is 0 Å². The Morgan fingerprint density at radius 1 is 1.73 bits per heavy atom. The SMILES string of the molecule is CCO[C@H]1CN[C@@](C)(CO)C1. The number of hydrogen-bond donors (Lipinski definition) is 2. The predicted molar refractivity (Wildman–Crippen MR) is 43.5 cm³/mol. The molecule has 11 heavy (non-hydrogen) atoms. The fourth-order valence-corrected chi connectivity index (χ4v) is 1.48. The Kier molecular flexibility index (Phi) is 2.87. The fraction of sp³-hybridized carbons (Fsp3) is 1.00. The quantitative estimate of drug-likeness (QED) is 0.615. The van der Waals surface area contributed by atoms with Crippen molar-refractivity contribution < 1.29 is 9.84 Å². The van der Waals surface area contributed by atoms with Crippen LogP contribution in [0.2, 0.25) is 0 Å². The second-order valence-electron chi connectivity index (χ2n) is 3.38. The second kappa shape index (κ2) is 3.52. The summed E-state index contributed by atoms with van der Waals surface area (Å²) in [4.78, 5) is 0. The molecule has 2 N–H and O–H groups in total. The van der Waals surface area contributed by atoms with Gasteiger partial charge in [0.05, 0.1) is 12.7 Å². The van der Waals surface area contributed by atoms with E-state index in [1.807, 2.05) is 13.8 Å². The molecule has 1 aliphatic heterocycles. The Bertz CT molecular complexity index is 129. The molecule has 0 aromatic carbocycles. The molecule has 3 heteroatoms. The molecular weight excluding hydrogens is 142 g/mol. The number of rotatable bonds is 3. The molecule has 1 heterocycles. The van der Waals surface area contributed by atoms with Gasteiger partial charge in [0.25, 0.3) is 0 Å². The average molecular weight is 159 g/mol. The Morgan fingerprint density at radius 3 is 2.91 bits per heavy atom. The summed E-state index contributed by atoms with van der Waals surface area (Å²) in [7, 11) is 0. The van der Waals surface area contributed by atoms with Crippen molar-refractivity contribution >= 4 is 0 Å². The largest absolute Gasteiger partial charge is 0.394 e. The standard InChI is InChI=1S/C8H17NO2/c1-3-11-7-4-8(2,6-10)9-5-7/h7,9-10H,3-6H2,1-2H3/t7-,8-/m1/s1. The summed E-state index contributed by atoms with van der Waals surface area (Å²) < 4.78 is 5.43. The number of nitrogens with one attached hydrogen (secondary N) is 1. The molecule has 0 bridgehead atoms. The van der Waals surface area contributed by atoms with E-state index in [9.17, 15) is 0 Å². The molecule has 0 aromatic rings. The molecule has 0 saturated carbocycles. The van der Waals surface area contributed by atoms with Gasteiger partial charge in [0.1, 0.15) is 0 Å². The maximum Gasteiger partial charge on any atom is 0.0717 e. The lowest BCUT2D eigenvalue weighted by atomic mass is 10.0. The number of ether oxygens (including phenoxy) is 1. The molecule has 2 atom stereocenters. The minimum Gasteiger partial charge on any atom is -0.394 e. The van der Waals surface area contributed by atoms with Gasteiger partial charge in [-0.3, -0.25) is 0 Å². The van der Waals surface area contributed by atoms with Crippen molar-refractivity contribution in [1.29, 1.82) is 0 Å². The van der Waals surface area contributed by atoms with Gasteiger partial charge in [-0.2, -0.15) is 0 Å². The van der Waals surface area contributed by atoms with E-state index in [0.717, 1.165) is 19.6 Å². The highest BCUT2D eigenvalue weighted by Gasteiger charge is 2.33. The lowest BCUT2D eigenvalue weighted by Crippen LogP contribution is -2.39. The summed E-state index contributed by atoms with van der Waals surface area (Å²) in [5, 5.41) is 12.2. The molecule has 0 radical (unpaired) electrons. The summed E-state index contributed by atoms with van der Waals surface area (Å²) >= 11 is 0. The first-order valence-corrected chi connectivity index (χ1v) is 4.17. The highest BCUT2D eigenvalue weighted by Crippen LogP contribution is 2.20. The van der Waals surface area contributed by atoms with E-state index in [1.165, 1.54) is 0 Å². The molecule has 66 valence electrons. The third-order valence-electron chi connectivity index (χ3n) is 2.19. The van der Waals surface area contributed by atoms with Crippen molar-refractivity contribution in [2.45, 2.75) is 31.9 Å². The molecule has 1 aliphatic rings. The first-order valence-electron chi connectivity index (χ1n) is 4.17. The third kappa shape index (κ3) is 2.15. The van der Waals surface area contributed by atoms with Gasteiger partial charge in [-0.15, -0.1) is 0 Å². The van der Waals surface area contributed by atoms with Crippen molar-refractivity contribution in [2.75, 3.05) is 19.8 Å². The molecule has 1 rings (SSSR count). The molecule has 0 unspecified atom stereocenters. The molecule has 0 amide bonds. The molecule has 1 fully saturated rings. The smallest absolute Gasteiger partial charge is 0.0717 e. The van der Waals surface area contributed by atoms with Gasteiger partial charge in [0.15, 0.2) is 0 Å². The van der Waals surface area contributed by atoms with Crippen LogP contribution < -0.4 is 5.32 Å². The Hall–Kier alpha value is -0.120. The topological polar surface area (TPSA) is 41.5 Å². The molecule has 3 nitrogen and oxygen atoms in total. The maximum absolute atomic E-state index is 8.99. The van der Waals surface area contributed by atoms with Crippen LogP contribution in [0.1, 0.15) is 20.3 Å². The highest BCUT2D eigenvalue weighted by molar-refractivity contribution is 4.93. The van der Waals surface area contributed by atoms with E-state index < -0.39 is 0 Å². The van der Waals surface area contributed by atoms with Crippen LogP contribution in [0.15, 0.2) is 0 Å². The second-order valence-corrected chi connectivity index (χ2v) is 3.38. The van der Waals surface area contributed by atoms with Crippen molar-refractivity contribution in [3.05, 3.63) is 0 Å². The predicted octanol–water partition coefficient (Wildman–Crippen LogP) is 0.136. The lowest BCUT2D eigenvalue weighted by Gasteiger charge is -2.20. The number of aliphatic hydroxyl groups is 1. The van der Waals surface area contributed by atoms with E-state index in [2.05, 4.69) is 5.32 Å². The third-order valence-corrected chi connectivity index (χ3v) is 2.19. The van der Waals surface area contributed by atoms with E-state index in [4.69, 9.17) is 9.84 Å². The molecular formula is C8H17NO2. The Labute approximate surface area is 67.7 Å². The normalized spacial score (nSPS) is 37.9. The van der Waals surface area contributed by atoms with E-state index >= 15 is 0 Å². The van der Waals surface area contributed by atoms with E-state index in [1.54, 1.807) is 0 Å². The van der Waals surface area contributed by atoms with Gasteiger partial charge in [-0.05, 0) is 20.3 Å². The molecule has 0 spiro atoms. The molecule has 0 aromatic heterocycles. The summed E-state index contributed by atoms with van der Waals surface area (Å²) in [6, 6.07) is 0. The first kappa shape index (κ1) is 8.97. The summed E-state index contributed by atoms with van der Waals surface area (Å²) in [6.45, 7) is 5.83. The first-order chi connectivity index (χ1) is 5.20. The summed E-state index contributed by atoms with van der Waals surface area (Å²) in [5.41, 5.74) is -0.111. The van der Waals surface area contributed by atoms with Gasteiger partial charge in [-0.1, -0.05) is 0 Å². The van der Waals surface area contributed by atoms with Crippen LogP contribution >= 0.6 is 0 Å². The lowest BCUT2D eigenvalue weighted by molar-refractivity contribution is 0.0680. The van der Waals surface area contributed by atoms with Gasteiger partial charge < -0.3 is 15.2 Å². The van der Waals surface area contributed by atoms with E-state index in [-0.39, 0.29) is 18.2 Å². The number of hydrogen-bond acceptors (Lipinski definition) is 3. The average Bonchev–Trinajstić information content (AvgIpc) is 2.35. The Balaban J connectivity index is 2.33. The molecule has 1 saturated heterocycles. The summed E-state index contributed by atoms with van der Waals surface area (Å²) in [5.74, 6) is 0. The van der Waals surface area contributed by atoms with Crippen molar-refractivity contribution in [1.82, 2.24) is 5.32 Å². The summed E-state index contributed by atoms with van der Waals surface area (Å²) in [6.07, 6.45) is 1.20. The van der Waals surface area contributed by atoms with Gasteiger partial charge >= 0.3 is 0 Å². The maximum atomic E-state index is 8.99. The van der Waals surface area contributed by atoms with Gasteiger partial charge in [0, 0.05) is 18.7 Å². The zero-order valence-corrected chi connectivity index (χ0v) is 7.26. The van der Waals surface area contributed by atoms with Crippen LogP contribution in [0, 0.1) is 0 Å².